The normalized spacial score (nSPS) is 18.2. The first kappa shape index (κ1) is 34.0. The molecule has 0 aromatic heterocycles. The van der Waals surface area contributed by atoms with Gasteiger partial charge < -0.3 is 10.2 Å². The lowest BCUT2D eigenvalue weighted by molar-refractivity contribution is 0.226. The zero-order chi connectivity index (χ0) is 27.8. The molecule has 3 rings (SSSR count). The van der Waals surface area contributed by atoms with Crippen molar-refractivity contribution in [2.45, 2.75) is 66.2 Å². The zero-order valence-corrected chi connectivity index (χ0v) is 25.7. The van der Waals surface area contributed by atoms with Crippen molar-refractivity contribution in [3.8, 4) is 0 Å². The number of hydrogen-bond donors (Lipinski definition) is 1. The van der Waals surface area contributed by atoms with E-state index in [4.69, 9.17) is 0 Å². The molecule has 0 radical (unpaired) electrons. The lowest BCUT2D eigenvalue weighted by Crippen LogP contribution is -2.30. The fourth-order valence-electron chi connectivity index (χ4n) is 4.58. The molecule has 1 aromatic carbocycles. The van der Waals surface area contributed by atoms with Gasteiger partial charge in [-0.05, 0) is 100 Å². The Morgan fingerprint density at radius 3 is 2.45 bits per heavy atom. The van der Waals surface area contributed by atoms with Gasteiger partial charge in [0.05, 0.1) is 0 Å². The van der Waals surface area contributed by atoms with Crippen LogP contribution in [-0.4, -0.2) is 43.9 Å². The third-order valence-corrected chi connectivity index (χ3v) is 7.86. The van der Waals surface area contributed by atoms with Gasteiger partial charge in [-0.15, -0.1) is 11.8 Å². The number of nitrogens with zero attached hydrogens (tertiary/aromatic N) is 1. The highest BCUT2D eigenvalue weighted by molar-refractivity contribution is 8.03. The maximum absolute atomic E-state index is 3.83. The Morgan fingerprint density at radius 2 is 1.84 bits per heavy atom. The van der Waals surface area contributed by atoms with Gasteiger partial charge in [-0.25, -0.2) is 0 Å². The van der Waals surface area contributed by atoms with Crippen LogP contribution < -0.4 is 5.32 Å². The highest BCUT2D eigenvalue weighted by Gasteiger charge is 2.11. The molecule has 1 fully saturated rings. The van der Waals surface area contributed by atoms with Gasteiger partial charge in [-0.2, -0.15) is 0 Å². The molecule has 0 spiro atoms. The molecule has 1 N–H and O–H groups in total. The van der Waals surface area contributed by atoms with E-state index in [2.05, 4.69) is 104 Å². The summed E-state index contributed by atoms with van der Waals surface area (Å²) in [5.74, 6) is 1.79. The van der Waals surface area contributed by atoms with Gasteiger partial charge in [-0.3, -0.25) is 0 Å². The minimum absolute atomic E-state index is 0.652. The van der Waals surface area contributed by atoms with Gasteiger partial charge in [-0.1, -0.05) is 106 Å². The second-order valence-corrected chi connectivity index (χ2v) is 10.8. The Bertz CT molecular complexity index is 886. The third-order valence-electron chi connectivity index (χ3n) is 6.59. The highest BCUT2D eigenvalue weighted by atomic mass is 32.2. The molecular weight excluding hydrogens is 480 g/mol. The van der Waals surface area contributed by atoms with Crippen molar-refractivity contribution < 1.29 is 0 Å². The Labute approximate surface area is 239 Å². The fraction of sp³-hybridized carbons (Fsp3) is 0.486. The summed E-state index contributed by atoms with van der Waals surface area (Å²) < 4.78 is 0. The number of piperidine rings is 1. The summed E-state index contributed by atoms with van der Waals surface area (Å²) in [5.41, 5.74) is 4.08. The SMILES string of the molecule is C=C/C=C(\C=C/C)C(/CNC)=C(\C)SCC1C=CC=CC1.CC.c1ccc(CCCN2CCCCC2)cc1. The molecule has 1 unspecified atom stereocenters. The second kappa shape index (κ2) is 22.9. The number of likely N-dealkylation sites (N-methyl/N-ethyl adjacent to an activating group) is 1. The van der Waals surface area contributed by atoms with Crippen LogP contribution in [0.2, 0.25) is 0 Å². The molecule has 0 amide bonds. The second-order valence-electron chi connectivity index (χ2n) is 9.53. The summed E-state index contributed by atoms with van der Waals surface area (Å²) in [7, 11) is 1.99. The molecule has 1 saturated heterocycles. The monoisotopic (exact) mass is 534 g/mol. The number of thioether (sulfide) groups is 1. The van der Waals surface area contributed by atoms with E-state index in [-0.39, 0.29) is 0 Å². The number of aryl methyl sites for hydroxylation is 1. The van der Waals surface area contributed by atoms with Crippen LogP contribution in [0.25, 0.3) is 0 Å². The minimum Gasteiger partial charge on any atom is -0.316 e. The molecule has 2 nitrogen and oxygen atoms in total. The Kier molecular flexibility index (Phi) is 20.4. The average Bonchev–Trinajstić information content (AvgIpc) is 2.98. The summed E-state index contributed by atoms with van der Waals surface area (Å²) in [6, 6.07) is 10.8. The van der Waals surface area contributed by atoms with E-state index in [1.807, 2.05) is 38.7 Å². The molecule has 0 saturated carbocycles. The molecule has 3 heteroatoms. The summed E-state index contributed by atoms with van der Waals surface area (Å²) in [6.07, 6.45) is 25.0. The van der Waals surface area contributed by atoms with Crippen molar-refractivity contribution in [3.05, 3.63) is 107 Å². The molecule has 38 heavy (non-hydrogen) atoms. The maximum atomic E-state index is 3.83. The minimum atomic E-state index is 0.652. The van der Waals surface area contributed by atoms with Gasteiger partial charge in [0, 0.05) is 12.3 Å². The van der Waals surface area contributed by atoms with E-state index in [9.17, 15) is 0 Å². The lowest BCUT2D eigenvalue weighted by Gasteiger charge is -2.26. The highest BCUT2D eigenvalue weighted by Crippen LogP contribution is 2.28. The van der Waals surface area contributed by atoms with Crippen LogP contribution in [-0.2, 0) is 6.42 Å². The average molecular weight is 535 g/mol. The van der Waals surface area contributed by atoms with Gasteiger partial charge in [0.25, 0.3) is 0 Å². The number of allylic oxidation sites excluding steroid dienone is 9. The zero-order valence-electron chi connectivity index (χ0n) is 24.9. The number of rotatable bonds is 12. The smallest absolute Gasteiger partial charge is 0.0216 e. The first-order chi connectivity index (χ1) is 18.7. The summed E-state index contributed by atoms with van der Waals surface area (Å²) in [5, 5.41) is 3.28. The fourth-order valence-corrected chi connectivity index (χ4v) is 5.65. The molecule has 1 heterocycles. The Morgan fingerprint density at radius 1 is 1.11 bits per heavy atom. The van der Waals surface area contributed by atoms with E-state index in [0.717, 1.165) is 18.7 Å². The van der Waals surface area contributed by atoms with Crippen molar-refractivity contribution in [3.63, 3.8) is 0 Å². The maximum Gasteiger partial charge on any atom is 0.0216 e. The molecule has 2 aliphatic rings. The van der Waals surface area contributed by atoms with Crippen molar-refractivity contribution in [1.82, 2.24) is 10.2 Å². The quantitative estimate of drug-likeness (QED) is 0.269. The van der Waals surface area contributed by atoms with E-state index in [0.29, 0.717) is 5.92 Å². The van der Waals surface area contributed by atoms with Gasteiger partial charge in [0.15, 0.2) is 0 Å². The first-order valence-corrected chi connectivity index (χ1v) is 15.7. The Hall–Kier alpha value is -2.07. The summed E-state index contributed by atoms with van der Waals surface area (Å²) in [6.45, 7) is 16.9. The standard InChI is InChI=1S/C19H27NS.C14H21N.C2H6/c1-5-10-18(11-6-2)19(14-20-4)16(3)21-15-17-12-8-7-9-13-17;1-3-8-14(9-4-1)10-7-13-15-11-5-2-6-12-15;1-2/h5-12,17,20H,1,13-15H2,2-4H3;1,3-4,8-9H,2,5-7,10-13H2;1-2H3/b11-6-,18-10+,19-16+;;. The molecule has 1 aliphatic heterocycles. The molecule has 1 aromatic rings. The molecule has 0 bridgehead atoms. The van der Waals surface area contributed by atoms with E-state index in [1.54, 1.807) is 0 Å². The van der Waals surface area contributed by atoms with E-state index in [1.165, 1.54) is 73.4 Å². The van der Waals surface area contributed by atoms with Gasteiger partial charge in [0.2, 0.25) is 0 Å². The topological polar surface area (TPSA) is 15.3 Å². The van der Waals surface area contributed by atoms with Gasteiger partial charge in [0.1, 0.15) is 0 Å². The number of hydrogen-bond acceptors (Lipinski definition) is 3. The van der Waals surface area contributed by atoms with Gasteiger partial charge >= 0.3 is 0 Å². The molecule has 1 atom stereocenters. The van der Waals surface area contributed by atoms with Crippen LogP contribution in [0.5, 0.6) is 0 Å². The lowest BCUT2D eigenvalue weighted by atomic mass is 10.0. The third kappa shape index (κ3) is 14.8. The van der Waals surface area contributed by atoms with E-state index >= 15 is 0 Å². The number of nitrogens with one attached hydrogen (secondary N) is 1. The predicted octanol–water partition coefficient (Wildman–Crippen LogP) is 9.17. The van der Waals surface area contributed by atoms with Crippen LogP contribution in [0, 0.1) is 5.92 Å². The van der Waals surface area contributed by atoms with E-state index < -0.39 is 0 Å². The van der Waals surface area contributed by atoms with Crippen molar-refractivity contribution >= 4 is 11.8 Å². The van der Waals surface area contributed by atoms with Crippen molar-refractivity contribution in [2.24, 2.45) is 5.92 Å². The molecular formula is C35H54N2S. The number of likely N-dealkylation sites (tertiary alicyclic amines) is 1. The van der Waals surface area contributed by atoms with Crippen molar-refractivity contribution in [1.29, 1.82) is 0 Å². The van der Waals surface area contributed by atoms with Crippen LogP contribution >= 0.6 is 11.8 Å². The largest absolute Gasteiger partial charge is 0.316 e. The molecule has 1 aliphatic carbocycles. The summed E-state index contributed by atoms with van der Waals surface area (Å²) >= 11 is 1.96. The summed E-state index contributed by atoms with van der Waals surface area (Å²) in [4.78, 5) is 4.01. The van der Waals surface area contributed by atoms with Crippen molar-refractivity contribution in [2.75, 3.05) is 39.0 Å². The number of benzene rings is 1. The molecule has 210 valence electrons. The van der Waals surface area contributed by atoms with Crippen LogP contribution in [0.1, 0.15) is 65.4 Å². The van der Waals surface area contributed by atoms with Crippen LogP contribution in [0.3, 0.4) is 0 Å². The van der Waals surface area contributed by atoms with Crippen LogP contribution in [0.15, 0.2) is 102 Å². The van der Waals surface area contributed by atoms with Crippen LogP contribution in [0.4, 0.5) is 0 Å². The Balaban J connectivity index is 0.000000372. The predicted molar refractivity (Wildman–Crippen MR) is 175 cm³/mol. The first-order valence-electron chi connectivity index (χ1n) is 14.7.